The summed E-state index contributed by atoms with van der Waals surface area (Å²) in [7, 11) is 0. The monoisotopic (exact) mass is 331 g/mol. The molecular formula is C20H26ClNO. The molecule has 0 aliphatic carbocycles. The molecule has 0 aliphatic rings. The van der Waals surface area contributed by atoms with E-state index in [1.165, 1.54) is 5.56 Å². The first kappa shape index (κ1) is 17.8. The number of benzene rings is 2. The first-order valence-corrected chi connectivity index (χ1v) is 8.45. The normalized spacial score (nSPS) is 12.9. The molecule has 0 saturated heterocycles. The molecule has 3 heteroatoms. The van der Waals surface area contributed by atoms with Crippen LogP contribution in [0.4, 0.5) is 0 Å². The Labute approximate surface area is 144 Å². The molecule has 0 radical (unpaired) electrons. The van der Waals surface area contributed by atoms with Gasteiger partial charge in [-0.2, -0.15) is 0 Å². The van der Waals surface area contributed by atoms with E-state index in [-0.39, 0.29) is 11.5 Å². The standard InChI is InChI=1S/C20H26ClNO/c1-15(13-22-14-16-7-5-6-8-19(16)21)23-18-11-9-17(10-12-18)20(2,3)4/h5-12,15,22H,13-14H2,1-4H3. The first-order chi connectivity index (χ1) is 10.9. The third-order valence-corrected chi connectivity index (χ3v) is 4.13. The summed E-state index contributed by atoms with van der Waals surface area (Å²) in [5.74, 6) is 0.907. The molecule has 124 valence electrons. The largest absolute Gasteiger partial charge is 0.489 e. The van der Waals surface area contributed by atoms with Gasteiger partial charge in [-0.3, -0.25) is 0 Å². The number of hydrogen-bond acceptors (Lipinski definition) is 2. The zero-order chi connectivity index (χ0) is 16.9. The number of ether oxygens (including phenoxy) is 1. The zero-order valence-electron chi connectivity index (χ0n) is 14.4. The molecule has 0 saturated carbocycles. The van der Waals surface area contributed by atoms with Crippen molar-refractivity contribution in [2.75, 3.05) is 6.54 Å². The van der Waals surface area contributed by atoms with E-state index >= 15 is 0 Å². The van der Waals surface area contributed by atoms with Crippen LogP contribution in [0.2, 0.25) is 5.02 Å². The van der Waals surface area contributed by atoms with Gasteiger partial charge in [-0.1, -0.05) is 62.7 Å². The van der Waals surface area contributed by atoms with Gasteiger partial charge in [0.25, 0.3) is 0 Å². The second kappa shape index (κ2) is 7.85. The van der Waals surface area contributed by atoms with Crippen LogP contribution in [0, 0.1) is 0 Å². The quantitative estimate of drug-likeness (QED) is 0.786. The van der Waals surface area contributed by atoms with E-state index in [1.807, 2.05) is 36.4 Å². The maximum Gasteiger partial charge on any atom is 0.119 e. The number of nitrogens with one attached hydrogen (secondary N) is 1. The number of halogens is 1. The van der Waals surface area contributed by atoms with Crippen molar-refractivity contribution in [2.45, 2.75) is 45.8 Å². The second-order valence-electron chi connectivity index (χ2n) is 6.93. The predicted molar refractivity (Wildman–Crippen MR) is 98.4 cm³/mol. The van der Waals surface area contributed by atoms with Crippen LogP contribution in [0.3, 0.4) is 0 Å². The molecule has 2 rings (SSSR count). The Morgan fingerprint density at radius 1 is 1.04 bits per heavy atom. The minimum absolute atomic E-state index is 0.0953. The SMILES string of the molecule is CC(CNCc1ccccc1Cl)Oc1ccc(C(C)(C)C)cc1. The molecule has 0 bridgehead atoms. The summed E-state index contributed by atoms with van der Waals surface area (Å²) in [6.45, 7) is 10.2. The lowest BCUT2D eigenvalue weighted by molar-refractivity contribution is 0.216. The molecule has 2 aromatic rings. The van der Waals surface area contributed by atoms with Crippen LogP contribution in [-0.2, 0) is 12.0 Å². The van der Waals surface area contributed by atoms with Gasteiger partial charge in [-0.05, 0) is 41.7 Å². The second-order valence-corrected chi connectivity index (χ2v) is 7.33. The van der Waals surface area contributed by atoms with Crippen LogP contribution >= 0.6 is 11.6 Å². The lowest BCUT2D eigenvalue weighted by atomic mass is 9.87. The summed E-state index contributed by atoms with van der Waals surface area (Å²) in [5.41, 5.74) is 2.59. The highest BCUT2D eigenvalue weighted by molar-refractivity contribution is 6.31. The molecule has 1 unspecified atom stereocenters. The van der Waals surface area contributed by atoms with Crippen molar-refractivity contribution in [1.82, 2.24) is 5.32 Å². The van der Waals surface area contributed by atoms with E-state index in [0.717, 1.165) is 29.4 Å². The van der Waals surface area contributed by atoms with Crippen molar-refractivity contribution in [2.24, 2.45) is 0 Å². The highest BCUT2D eigenvalue weighted by atomic mass is 35.5. The van der Waals surface area contributed by atoms with Gasteiger partial charge in [-0.15, -0.1) is 0 Å². The highest BCUT2D eigenvalue weighted by Crippen LogP contribution is 2.24. The van der Waals surface area contributed by atoms with Crippen LogP contribution in [0.5, 0.6) is 5.75 Å². The zero-order valence-corrected chi connectivity index (χ0v) is 15.2. The summed E-state index contributed by atoms with van der Waals surface area (Å²) in [6.07, 6.45) is 0.0953. The van der Waals surface area contributed by atoms with Gasteiger partial charge >= 0.3 is 0 Å². The topological polar surface area (TPSA) is 21.3 Å². The van der Waals surface area contributed by atoms with Crippen LogP contribution in [0.1, 0.15) is 38.8 Å². The minimum Gasteiger partial charge on any atom is -0.489 e. The van der Waals surface area contributed by atoms with Crippen molar-refractivity contribution in [3.05, 3.63) is 64.7 Å². The Kier molecular flexibility index (Phi) is 6.09. The van der Waals surface area contributed by atoms with E-state index in [0.29, 0.717) is 0 Å². The lowest BCUT2D eigenvalue weighted by Gasteiger charge is -2.20. The first-order valence-electron chi connectivity index (χ1n) is 8.07. The van der Waals surface area contributed by atoms with Crippen molar-refractivity contribution >= 4 is 11.6 Å². The summed E-state index contributed by atoms with van der Waals surface area (Å²) >= 11 is 6.15. The minimum atomic E-state index is 0.0953. The van der Waals surface area contributed by atoms with Gasteiger partial charge in [-0.25, -0.2) is 0 Å². The Bertz CT molecular complexity index is 616. The molecule has 23 heavy (non-hydrogen) atoms. The molecular weight excluding hydrogens is 306 g/mol. The smallest absolute Gasteiger partial charge is 0.119 e. The maximum atomic E-state index is 6.15. The fourth-order valence-electron chi connectivity index (χ4n) is 2.36. The molecule has 0 heterocycles. The third-order valence-electron chi connectivity index (χ3n) is 3.76. The van der Waals surface area contributed by atoms with Gasteiger partial charge in [0.15, 0.2) is 0 Å². The lowest BCUT2D eigenvalue weighted by Crippen LogP contribution is -2.28. The van der Waals surface area contributed by atoms with Gasteiger partial charge in [0.2, 0.25) is 0 Å². The van der Waals surface area contributed by atoms with Gasteiger partial charge in [0.1, 0.15) is 11.9 Å². The molecule has 1 N–H and O–H groups in total. The van der Waals surface area contributed by atoms with E-state index in [1.54, 1.807) is 0 Å². The van der Waals surface area contributed by atoms with Crippen molar-refractivity contribution in [3.63, 3.8) is 0 Å². The fourth-order valence-corrected chi connectivity index (χ4v) is 2.56. The summed E-state index contributed by atoms with van der Waals surface area (Å²) in [4.78, 5) is 0. The Balaban J connectivity index is 1.81. The Morgan fingerprint density at radius 3 is 2.30 bits per heavy atom. The fraction of sp³-hybridized carbons (Fsp3) is 0.400. The molecule has 0 aromatic heterocycles. The average molecular weight is 332 g/mol. The molecule has 0 aliphatic heterocycles. The van der Waals surface area contributed by atoms with E-state index in [9.17, 15) is 0 Å². The molecule has 1 atom stereocenters. The molecule has 0 fully saturated rings. The Morgan fingerprint density at radius 2 is 1.70 bits per heavy atom. The van der Waals surface area contributed by atoms with Gasteiger partial charge < -0.3 is 10.1 Å². The van der Waals surface area contributed by atoms with Crippen molar-refractivity contribution in [1.29, 1.82) is 0 Å². The van der Waals surface area contributed by atoms with Crippen molar-refractivity contribution < 1.29 is 4.74 Å². The van der Waals surface area contributed by atoms with Crippen LogP contribution < -0.4 is 10.1 Å². The molecule has 2 aromatic carbocycles. The summed E-state index contributed by atoms with van der Waals surface area (Å²) < 4.78 is 5.95. The summed E-state index contributed by atoms with van der Waals surface area (Å²) in [6, 6.07) is 16.3. The van der Waals surface area contributed by atoms with Gasteiger partial charge in [0, 0.05) is 18.1 Å². The molecule has 0 amide bonds. The van der Waals surface area contributed by atoms with E-state index in [2.05, 4.69) is 45.1 Å². The predicted octanol–water partition coefficient (Wildman–Crippen LogP) is 5.19. The molecule has 2 nitrogen and oxygen atoms in total. The number of rotatable bonds is 6. The van der Waals surface area contributed by atoms with Gasteiger partial charge in [0.05, 0.1) is 0 Å². The van der Waals surface area contributed by atoms with Crippen LogP contribution in [0.15, 0.2) is 48.5 Å². The van der Waals surface area contributed by atoms with Crippen LogP contribution in [0.25, 0.3) is 0 Å². The maximum absolute atomic E-state index is 6.15. The van der Waals surface area contributed by atoms with E-state index in [4.69, 9.17) is 16.3 Å². The van der Waals surface area contributed by atoms with Crippen LogP contribution in [-0.4, -0.2) is 12.6 Å². The van der Waals surface area contributed by atoms with E-state index < -0.39 is 0 Å². The highest BCUT2D eigenvalue weighted by Gasteiger charge is 2.13. The number of hydrogen-bond donors (Lipinski definition) is 1. The average Bonchev–Trinajstić information content (AvgIpc) is 2.49. The summed E-state index contributed by atoms with van der Waals surface area (Å²) in [5, 5.41) is 4.19. The molecule has 0 spiro atoms. The third kappa shape index (κ3) is 5.56. The Hall–Kier alpha value is -1.51. The van der Waals surface area contributed by atoms with Crippen molar-refractivity contribution in [3.8, 4) is 5.75 Å².